The molecule has 1 aromatic rings. The molecule has 1 aromatic heterocycles. The van der Waals surface area contributed by atoms with Gasteiger partial charge in [-0.25, -0.2) is 24.2 Å². The Morgan fingerprint density at radius 2 is 2.15 bits per heavy atom. The summed E-state index contributed by atoms with van der Waals surface area (Å²) < 4.78 is 23.3. The molecular weight excluding hydrogens is 278 g/mol. The van der Waals surface area contributed by atoms with Crippen LogP contribution in [0, 0.1) is 0 Å². The fourth-order valence-electron chi connectivity index (χ4n) is 2.57. The summed E-state index contributed by atoms with van der Waals surface area (Å²) in [6, 6.07) is -0.0435. The number of nitrogens with one attached hydrogen (secondary N) is 1. The lowest BCUT2D eigenvalue weighted by atomic mass is 10.0. The van der Waals surface area contributed by atoms with Gasteiger partial charge in [0.15, 0.2) is 9.84 Å². The highest BCUT2D eigenvalue weighted by atomic mass is 32.2. The van der Waals surface area contributed by atoms with Gasteiger partial charge >= 0.3 is 0 Å². The van der Waals surface area contributed by atoms with Gasteiger partial charge in [0.2, 0.25) is 0 Å². The molecule has 20 heavy (non-hydrogen) atoms. The maximum atomic E-state index is 11.6. The largest absolute Gasteiger partial charge is 0.355 e. The van der Waals surface area contributed by atoms with E-state index in [-0.39, 0.29) is 23.5 Å². The van der Waals surface area contributed by atoms with E-state index in [0.29, 0.717) is 12.2 Å². The highest BCUT2D eigenvalue weighted by Crippen LogP contribution is 2.32. The third-order valence-electron chi connectivity index (χ3n) is 3.67. The van der Waals surface area contributed by atoms with Gasteiger partial charge in [-0.1, -0.05) is 13.8 Å². The highest BCUT2D eigenvalue weighted by Gasteiger charge is 2.32. The van der Waals surface area contributed by atoms with Crippen LogP contribution in [0.15, 0.2) is 6.33 Å². The van der Waals surface area contributed by atoms with Crippen molar-refractivity contribution in [3.05, 3.63) is 11.9 Å². The lowest BCUT2D eigenvalue weighted by molar-refractivity contribution is 0.600. The van der Waals surface area contributed by atoms with Crippen LogP contribution in [-0.4, -0.2) is 43.0 Å². The highest BCUT2D eigenvalue weighted by molar-refractivity contribution is 7.91. The number of anilines is 2. The third-order valence-corrected chi connectivity index (χ3v) is 5.42. The molecule has 112 valence electrons. The third kappa shape index (κ3) is 2.85. The smallest absolute Gasteiger partial charge is 0.152 e. The van der Waals surface area contributed by atoms with Crippen LogP contribution in [-0.2, 0) is 9.84 Å². The zero-order valence-electron chi connectivity index (χ0n) is 12.0. The van der Waals surface area contributed by atoms with E-state index in [2.05, 4.69) is 15.4 Å². The number of hydrazine groups is 1. The molecule has 1 atom stereocenters. The number of nitrogens with zero attached hydrogens (tertiary/aromatic N) is 3. The van der Waals surface area contributed by atoms with Gasteiger partial charge in [0.1, 0.15) is 18.0 Å². The van der Waals surface area contributed by atoms with Crippen molar-refractivity contribution >= 4 is 21.5 Å². The van der Waals surface area contributed by atoms with E-state index >= 15 is 0 Å². The zero-order valence-corrected chi connectivity index (χ0v) is 12.8. The van der Waals surface area contributed by atoms with Crippen molar-refractivity contribution in [1.29, 1.82) is 0 Å². The first kappa shape index (κ1) is 15.0. The standard InChI is InChI=1S/C12H21N5O2S/c1-8(2)10-11(16-13)14-7-15-12(10)17(3)9-4-5-20(18,19)6-9/h7-9H,4-6,13H2,1-3H3,(H,14,15,16). The lowest BCUT2D eigenvalue weighted by Gasteiger charge is -2.28. The summed E-state index contributed by atoms with van der Waals surface area (Å²) >= 11 is 0. The van der Waals surface area contributed by atoms with Crippen molar-refractivity contribution in [2.75, 3.05) is 28.9 Å². The normalized spacial score (nSPS) is 21.1. The second-order valence-corrected chi connectivity index (χ2v) is 7.66. The van der Waals surface area contributed by atoms with Crippen molar-refractivity contribution in [3.8, 4) is 0 Å². The van der Waals surface area contributed by atoms with Crippen LogP contribution in [0.3, 0.4) is 0 Å². The zero-order chi connectivity index (χ0) is 14.9. The summed E-state index contributed by atoms with van der Waals surface area (Å²) in [5.74, 6) is 7.42. The molecule has 1 aliphatic heterocycles. The first-order valence-electron chi connectivity index (χ1n) is 6.60. The Kier molecular flexibility index (Phi) is 4.14. The molecule has 0 spiro atoms. The quantitative estimate of drug-likeness (QED) is 0.617. The van der Waals surface area contributed by atoms with Crippen molar-refractivity contribution in [1.82, 2.24) is 9.97 Å². The summed E-state index contributed by atoms with van der Waals surface area (Å²) in [5, 5.41) is 0. The minimum atomic E-state index is -2.92. The number of rotatable bonds is 4. The van der Waals surface area contributed by atoms with Gasteiger partial charge in [-0.3, -0.25) is 0 Å². The minimum Gasteiger partial charge on any atom is -0.355 e. The Balaban J connectivity index is 2.37. The minimum absolute atomic E-state index is 0.0435. The summed E-state index contributed by atoms with van der Waals surface area (Å²) in [5.41, 5.74) is 3.49. The molecular formula is C12H21N5O2S. The Morgan fingerprint density at radius 3 is 2.65 bits per heavy atom. The summed E-state index contributed by atoms with van der Waals surface area (Å²) in [7, 11) is -1.05. The van der Waals surface area contributed by atoms with E-state index in [1.165, 1.54) is 6.33 Å². The maximum absolute atomic E-state index is 11.6. The van der Waals surface area contributed by atoms with Crippen LogP contribution in [0.1, 0.15) is 31.7 Å². The monoisotopic (exact) mass is 299 g/mol. The molecule has 1 saturated heterocycles. The Hall–Kier alpha value is -1.41. The van der Waals surface area contributed by atoms with Crippen LogP contribution in [0.4, 0.5) is 11.6 Å². The van der Waals surface area contributed by atoms with Gasteiger partial charge in [-0.15, -0.1) is 0 Å². The van der Waals surface area contributed by atoms with E-state index in [1.54, 1.807) is 0 Å². The molecule has 7 nitrogen and oxygen atoms in total. The topological polar surface area (TPSA) is 101 Å². The average molecular weight is 299 g/mol. The van der Waals surface area contributed by atoms with Crippen LogP contribution in [0.5, 0.6) is 0 Å². The predicted molar refractivity (Wildman–Crippen MR) is 79.4 cm³/mol. The summed E-state index contributed by atoms with van der Waals surface area (Å²) in [4.78, 5) is 10.4. The van der Waals surface area contributed by atoms with Crippen molar-refractivity contribution < 1.29 is 8.42 Å². The van der Waals surface area contributed by atoms with Gasteiger partial charge in [0, 0.05) is 18.7 Å². The van der Waals surface area contributed by atoms with Crippen molar-refractivity contribution in [2.45, 2.75) is 32.2 Å². The molecule has 0 radical (unpaired) electrons. The van der Waals surface area contributed by atoms with E-state index in [4.69, 9.17) is 5.84 Å². The number of nitrogens with two attached hydrogens (primary N) is 1. The lowest BCUT2D eigenvalue weighted by Crippen LogP contribution is -2.34. The molecule has 0 aliphatic carbocycles. The van der Waals surface area contributed by atoms with Crippen molar-refractivity contribution in [2.24, 2.45) is 5.84 Å². The molecule has 8 heteroatoms. The number of hydrogen-bond donors (Lipinski definition) is 2. The average Bonchev–Trinajstić information content (AvgIpc) is 2.77. The van der Waals surface area contributed by atoms with Crippen LogP contribution >= 0.6 is 0 Å². The molecule has 3 N–H and O–H groups in total. The molecule has 0 amide bonds. The first-order valence-corrected chi connectivity index (χ1v) is 8.42. The number of nitrogen functional groups attached to an aromatic ring is 1. The van der Waals surface area contributed by atoms with Gasteiger partial charge in [-0.2, -0.15) is 0 Å². The molecule has 0 bridgehead atoms. The number of sulfone groups is 1. The van der Waals surface area contributed by atoms with Gasteiger partial charge in [-0.05, 0) is 12.3 Å². The van der Waals surface area contributed by atoms with E-state index in [9.17, 15) is 8.42 Å². The van der Waals surface area contributed by atoms with Crippen LogP contribution in [0.2, 0.25) is 0 Å². The molecule has 0 saturated carbocycles. The van der Waals surface area contributed by atoms with Gasteiger partial charge in [0.25, 0.3) is 0 Å². The van der Waals surface area contributed by atoms with E-state index < -0.39 is 9.84 Å². The second kappa shape index (κ2) is 5.53. The molecule has 0 aromatic carbocycles. The molecule has 2 rings (SSSR count). The summed E-state index contributed by atoms with van der Waals surface area (Å²) in [6.45, 7) is 4.06. The Morgan fingerprint density at radius 1 is 1.45 bits per heavy atom. The molecule has 1 unspecified atom stereocenters. The number of hydrogen-bond acceptors (Lipinski definition) is 7. The van der Waals surface area contributed by atoms with Gasteiger partial charge < -0.3 is 10.3 Å². The SMILES string of the molecule is CC(C)c1c(NN)ncnc1N(C)C1CCS(=O)(=O)C1. The molecule has 2 heterocycles. The van der Waals surface area contributed by atoms with Gasteiger partial charge in [0.05, 0.1) is 11.5 Å². The fourth-order valence-corrected chi connectivity index (χ4v) is 4.34. The Labute approximate surface area is 119 Å². The van der Waals surface area contributed by atoms with E-state index in [1.807, 2.05) is 25.8 Å². The van der Waals surface area contributed by atoms with Crippen LogP contribution < -0.4 is 16.2 Å². The fraction of sp³-hybridized carbons (Fsp3) is 0.667. The molecule has 1 fully saturated rings. The second-order valence-electron chi connectivity index (χ2n) is 5.43. The summed E-state index contributed by atoms with van der Waals surface area (Å²) in [6.07, 6.45) is 2.07. The first-order chi connectivity index (χ1) is 9.35. The molecule has 1 aliphatic rings. The maximum Gasteiger partial charge on any atom is 0.152 e. The van der Waals surface area contributed by atoms with Crippen LogP contribution in [0.25, 0.3) is 0 Å². The van der Waals surface area contributed by atoms with Crippen molar-refractivity contribution in [3.63, 3.8) is 0 Å². The Bertz CT molecular complexity index is 588. The number of aromatic nitrogens is 2. The predicted octanol–water partition coefficient (Wildman–Crippen LogP) is 0.509. The van der Waals surface area contributed by atoms with E-state index in [0.717, 1.165) is 11.4 Å².